The third-order valence-corrected chi connectivity index (χ3v) is 5.88. The number of sulfonamides is 1. The van der Waals surface area contributed by atoms with Gasteiger partial charge in [0.15, 0.2) is 6.61 Å². The first-order chi connectivity index (χ1) is 13.8. The van der Waals surface area contributed by atoms with Crippen molar-refractivity contribution in [1.82, 2.24) is 4.72 Å². The monoisotopic (exact) mass is 432 g/mol. The second-order valence-electron chi connectivity index (χ2n) is 6.00. The fraction of sp³-hybridized carbons (Fsp3) is 0.100. The summed E-state index contributed by atoms with van der Waals surface area (Å²) in [6, 6.07) is 16.6. The maximum absolute atomic E-state index is 12.3. The summed E-state index contributed by atoms with van der Waals surface area (Å²) in [4.78, 5) is 24.4. The lowest BCUT2D eigenvalue weighted by Crippen LogP contribution is -2.22. The molecule has 3 aromatic carbocycles. The Balaban J connectivity index is 1.71. The molecule has 9 heteroatoms. The first kappa shape index (κ1) is 20.8. The highest BCUT2D eigenvalue weighted by Gasteiger charge is 2.19. The third-order valence-electron chi connectivity index (χ3n) is 4.13. The van der Waals surface area contributed by atoms with E-state index in [1.165, 1.54) is 19.2 Å². The predicted molar refractivity (Wildman–Crippen MR) is 111 cm³/mol. The van der Waals surface area contributed by atoms with Crippen molar-refractivity contribution in [2.45, 2.75) is 4.90 Å². The van der Waals surface area contributed by atoms with E-state index in [0.29, 0.717) is 5.69 Å². The maximum Gasteiger partial charge on any atom is 0.340 e. The largest absolute Gasteiger partial charge is 0.452 e. The lowest BCUT2D eigenvalue weighted by Gasteiger charge is -2.10. The molecule has 0 unspecified atom stereocenters. The molecule has 0 aromatic heterocycles. The van der Waals surface area contributed by atoms with Gasteiger partial charge in [-0.25, -0.2) is 17.9 Å². The van der Waals surface area contributed by atoms with Gasteiger partial charge in [0.1, 0.15) is 0 Å². The van der Waals surface area contributed by atoms with E-state index >= 15 is 0 Å². The molecule has 0 saturated heterocycles. The normalized spacial score (nSPS) is 11.2. The molecule has 29 heavy (non-hydrogen) atoms. The Bertz CT molecular complexity index is 1190. The SMILES string of the molecule is CNS(=O)(=O)c1ccc(Cl)c(C(=O)OCC(=O)Nc2cccc3ccccc23)c1. The van der Waals surface area contributed by atoms with Gasteiger partial charge in [-0.2, -0.15) is 0 Å². The summed E-state index contributed by atoms with van der Waals surface area (Å²) in [5.74, 6) is -1.44. The zero-order valence-electron chi connectivity index (χ0n) is 15.3. The van der Waals surface area contributed by atoms with Crippen molar-refractivity contribution in [3.63, 3.8) is 0 Å². The summed E-state index contributed by atoms with van der Waals surface area (Å²) in [6.45, 7) is -0.554. The standard InChI is InChI=1S/C20H17ClN2O5S/c1-22-29(26,27)14-9-10-17(21)16(11-14)20(25)28-12-19(24)23-18-8-4-6-13-5-2-3-7-15(13)18/h2-11,22H,12H2,1H3,(H,23,24). The van der Waals surface area contributed by atoms with Gasteiger partial charge < -0.3 is 10.1 Å². The first-order valence-electron chi connectivity index (χ1n) is 8.49. The number of anilines is 1. The van der Waals surface area contributed by atoms with Gasteiger partial charge in [0.25, 0.3) is 5.91 Å². The van der Waals surface area contributed by atoms with Gasteiger partial charge in [-0.15, -0.1) is 0 Å². The van der Waals surface area contributed by atoms with E-state index < -0.39 is 28.5 Å². The molecule has 3 aromatic rings. The minimum Gasteiger partial charge on any atom is -0.452 e. The molecule has 0 aliphatic carbocycles. The zero-order valence-corrected chi connectivity index (χ0v) is 16.9. The van der Waals surface area contributed by atoms with E-state index in [2.05, 4.69) is 10.0 Å². The van der Waals surface area contributed by atoms with Gasteiger partial charge in [-0.05, 0) is 36.7 Å². The van der Waals surface area contributed by atoms with E-state index in [4.69, 9.17) is 16.3 Å². The van der Waals surface area contributed by atoms with Crippen LogP contribution < -0.4 is 10.0 Å². The Labute approximate surface area is 172 Å². The molecule has 0 aliphatic heterocycles. The average Bonchev–Trinajstić information content (AvgIpc) is 2.72. The van der Waals surface area contributed by atoms with Crippen molar-refractivity contribution in [3.8, 4) is 0 Å². The highest BCUT2D eigenvalue weighted by molar-refractivity contribution is 7.89. The van der Waals surface area contributed by atoms with E-state index in [-0.39, 0.29) is 15.5 Å². The summed E-state index contributed by atoms with van der Waals surface area (Å²) in [6.07, 6.45) is 0. The summed E-state index contributed by atoms with van der Waals surface area (Å²) < 4.78 is 30.9. The Morgan fingerprint density at radius 2 is 1.76 bits per heavy atom. The quantitative estimate of drug-likeness (QED) is 0.582. The van der Waals surface area contributed by atoms with Crippen molar-refractivity contribution in [3.05, 3.63) is 71.2 Å². The number of rotatable bonds is 6. The fourth-order valence-electron chi connectivity index (χ4n) is 2.68. The third kappa shape index (κ3) is 4.73. The van der Waals surface area contributed by atoms with Crippen LogP contribution in [0.4, 0.5) is 5.69 Å². The molecule has 0 aliphatic rings. The Morgan fingerprint density at radius 1 is 1.03 bits per heavy atom. The predicted octanol–water partition coefficient (Wildman–Crippen LogP) is 3.20. The van der Waals surface area contributed by atoms with Crippen molar-refractivity contribution < 1.29 is 22.7 Å². The molecule has 0 bridgehead atoms. The van der Waals surface area contributed by atoms with Gasteiger partial charge in [0.2, 0.25) is 10.0 Å². The van der Waals surface area contributed by atoms with Crippen molar-refractivity contribution >= 4 is 50.0 Å². The van der Waals surface area contributed by atoms with Crippen LogP contribution >= 0.6 is 11.6 Å². The number of ether oxygens (including phenoxy) is 1. The molecular formula is C20H17ClN2O5S. The van der Waals surface area contributed by atoms with Crippen molar-refractivity contribution in [1.29, 1.82) is 0 Å². The number of amides is 1. The van der Waals surface area contributed by atoms with Crippen LogP contribution in [0.1, 0.15) is 10.4 Å². The molecule has 2 N–H and O–H groups in total. The number of halogens is 1. The van der Waals surface area contributed by atoms with Gasteiger partial charge in [-0.3, -0.25) is 4.79 Å². The van der Waals surface area contributed by atoms with Crippen LogP contribution in [0.25, 0.3) is 10.8 Å². The van der Waals surface area contributed by atoms with Crippen LogP contribution in [-0.4, -0.2) is 33.9 Å². The summed E-state index contributed by atoms with van der Waals surface area (Å²) in [7, 11) is -2.51. The lowest BCUT2D eigenvalue weighted by molar-refractivity contribution is -0.119. The van der Waals surface area contributed by atoms with Crippen LogP contribution in [0.2, 0.25) is 5.02 Å². The molecule has 0 fully saturated rings. The summed E-state index contributed by atoms with van der Waals surface area (Å²) >= 11 is 5.98. The number of benzene rings is 3. The minimum atomic E-state index is -3.76. The number of carbonyl (C=O) groups excluding carboxylic acids is 2. The number of carbonyl (C=O) groups is 2. The van der Waals surface area contributed by atoms with Crippen LogP contribution in [0.5, 0.6) is 0 Å². The highest BCUT2D eigenvalue weighted by Crippen LogP contribution is 2.23. The first-order valence-corrected chi connectivity index (χ1v) is 10.4. The molecule has 0 heterocycles. The molecule has 0 spiro atoms. The average molecular weight is 433 g/mol. The second kappa shape index (κ2) is 8.60. The molecule has 0 atom stereocenters. The summed E-state index contributed by atoms with van der Waals surface area (Å²) in [5, 5.41) is 4.51. The minimum absolute atomic E-state index is 0.0134. The molecule has 1 amide bonds. The maximum atomic E-state index is 12.3. The van der Waals surface area contributed by atoms with Crippen molar-refractivity contribution in [2.75, 3.05) is 19.0 Å². The Morgan fingerprint density at radius 3 is 2.52 bits per heavy atom. The van der Waals surface area contributed by atoms with E-state index in [9.17, 15) is 18.0 Å². The highest BCUT2D eigenvalue weighted by atomic mass is 35.5. The number of hydrogen-bond acceptors (Lipinski definition) is 5. The number of esters is 1. The molecular weight excluding hydrogens is 416 g/mol. The van der Waals surface area contributed by atoms with Gasteiger partial charge >= 0.3 is 5.97 Å². The van der Waals surface area contributed by atoms with Gasteiger partial charge in [0, 0.05) is 11.1 Å². The van der Waals surface area contributed by atoms with E-state index in [0.717, 1.165) is 16.8 Å². The lowest BCUT2D eigenvalue weighted by atomic mass is 10.1. The van der Waals surface area contributed by atoms with Crippen molar-refractivity contribution in [2.24, 2.45) is 0 Å². The molecule has 0 radical (unpaired) electrons. The topological polar surface area (TPSA) is 102 Å². The summed E-state index contributed by atoms with van der Waals surface area (Å²) in [5.41, 5.74) is 0.435. The number of hydrogen-bond donors (Lipinski definition) is 2. The van der Waals surface area contributed by atoms with Crippen LogP contribution in [0.15, 0.2) is 65.6 Å². The van der Waals surface area contributed by atoms with Crippen LogP contribution in [0.3, 0.4) is 0 Å². The number of nitrogens with one attached hydrogen (secondary N) is 2. The Kier molecular flexibility index (Phi) is 6.17. The van der Waals surface area contributed by atoms with E-state index in [1.807, 2.05) is 30.3 Å². The molecule has 0 saturated carbocycles. The van der Waals surface area contributed by atoms with Gasteiger partial charge in [0.05, 0.1) is 15.5 Å². The van der Waals surface area contributed by atoms with E-state index in [1.54, 1.807) is 12.1 Å². The van der Waals surface area contributed by atoms with Crippen LogP contribution in [0, 0.1) is 0 Å². The number of fused-ring (bicyclic) bond motifs is 1. The smallest absolute Gasteiger partial charge is 0.340 e. The second-order valence-corrected chi connectivity index (χ2v) is 8.29. The molecule has 150 valence electrons. The Hall–Kier alpha value is -2.94. The zero-order chi connectivity index (χ0) is 21.0. The molecule has 3 rings (SSSR count). The van der Waals surface area contributed by atoms with Crippen LogP contribution in [-0.2, 0) is 19.6 Å². The fourth-order valence-corrected chi connectivity index (χ4v) is 3.63. The molecule has 7 nitrogen and oxygen atoms in total. The van der Waals surface area contributed by atoms with Gasteiger partial charge in [-0.1, -0.05) is 48.0 Å².